The number of aliphatic hydroxyl groups is 1. The first-order chi connectivity index (χ1) is 16.6. The number of anilines is 1. The Morgan fingerprint density at radius 2 is 1.80 bits per heavy atom. The molecule has 0 saturated heterocycles. The van der Waals surface area contributed by atoms with E-state index in [4.69, 9.17) is 9.47 Å². The predicted octanol–water partition coefficient (Wildman–Crippen LogP) is 5.11. The Labute approximate surface area is 201 Å². The SMILES string of the molecule is COc1cccc(-c2ccc3c(c2)N(S(=O)(=O)c2cccc(C(F)(F)F)c2)C[C@H](CCCO)O3)c1. The van der Waals surface area contributed by atoms with Crippen molar-refractivity contribution in [2.24, 2.45) is 0 Å². The van der Waals surface area contributed by atoms with Crippen molar-refractivity contribution in [3.63, 3.8) is 0 Å². The fraction of sp³-hybridized carbons (Fsp3) is 0.280. The number of nitrogens with zero attached hydrogens (tertiary/aromatic N) is 1. The first-order valence-electron chi connectivity index (χ1n) is 10.9. The van der Waals surface area contributed by atoms with Crippen LogP contribution in [0.3, 0.4) is 0 Å². The van der Waals surface area contributed by atoms with Crippen molar-refractivity contribution in [3.8, 4) is 22.6 Å². The van der Waals surface area contributed by atoms with Crippen LogP contribution in [0.1, 0.15) is 18.4 Å². The van der Waals surface area contributed by atoms with Gasteiger partial charge in [-0.1, -0.05) is 24.3 Å². The van der Waals surface area contributed by atoms with Crippen LogP contribution >= 0.6 is 0 Å². The van der Waals surface area contributed by atoms with Gasteiger partial charge in [-0.15, -0.1) is 0 Å². The molecule has 0 fully saturated rings. The van der Waals surface area contributed by atoms with E-state index in [2.05, 4.69) is 0 Å². The van der Waals surface area contributed by atoms with Crippen molar-refractivity contribution in [1.29, 1.82) is 0 Å². The minimum atomic E-state index is -4.68. The van der Waals surface area contributed by atoms with Crippen LogP contribution in [0.15, 0.2) is 71.6 Å². The Morgan fingerprint density at radius 3 is 2.51 bits per heavy atom. The molecule has 0 spiro atoms. The second-order valence-corrected chi connectivity index (χ2v) is 9.94. The maximum absolute atomic E-state index is 13.6. The van der Waals surface area contributed by atoms with E-state index < -0.39 is 32.8 Å². The Bertz CT molecular complexity index is 1310. The standard InChI is InChI=1S/C25H24F3NO5S/c1-33-20-7-2-5-17(13-20)18-10-11-24-23(14-18)29(16-21(34-24)8-4-12-30)35(31,32)22-9-3-6-19(15-22)25(26,27)28/h2-3,5-7,9-11,13-15,21,30H,4,8,12,16H2,1H3/t21-/m0/s1. The van der Waals surface area contributed by atoms with Gasteiger partial charge in [0.1, 0.15) is 17.6 Å². The molecule has 186 valence electrons. The van der Waals surface area contributed by atoms with Gasteiger partial charge in [0, 0.05) is 6.61 Å². The summed E-state index contributed by atoms with van der Waals surface area (Å²) in [5, 5.41) is 9.20. The highest BCUT2D eigenvalue weighted by Gasteiger charge is 2.37. The monoisotopic (exact) mass is 507 g/mol. The summed E-state index contributed by atoms with van der Waals surface area (Å²) in [5.41, 5.74) is 0.632. The van der Waals surface area contributed by atoms with E-state index in [1.807, 2.05) is 6.07 Å². The molecule has 4 rings (SSSR count). The third-order valence-electron chi connectivity index (χ3n) is 5.73. The molecule has 0 unspecified atom stereocenters. The van der Waals surface area contributed by atoms with E-state index >= 15 is 0 Å². The summed E-state index contributed by atoms with van der Waals surface area (Å²) < 4.78 is 79.4. The van der Waals surface area contributed by atoms with Crippen molar-refractivity contribution in [1.82, 2.24) is 0 Å². The normalized spacial score (nSPS) is 15.9. The lowest BCUT2D eigenvalue weighted by Gasteiger charge is -2.36. The van der Waals surface area contributed by atoms with Gasteiger partial charge in [-0.2, -0.15) is 13.2 Å². The van der Waals surface area contributed by atoms with Crippen molar-refractivity contribution in [2.45, 2.75) is 30.0 Å². The van der Waals surface area contributed by atoms with Crippen LogP contribution in [0.2, 0.25) is 0 Å². The van der Waals surface area contributed by atoms with E-state index in [1.54, 1.807) is 36.4 Å². The van der Waals surface area contributed by atoms with Gasteiger partial charge in [-0.25, -0.2) is 8.42 Å². The minimum Gasteiger partial charge on any atom is -0.497 e. The van der Waals surface area contributed by atoms with E-state index in [1.165, 1.54) is 7.11 Å². The summed E-state index contributed by atoms with van der Waals surface area (Å²) in [6.45, 7) is -0.199. The number of rotatable bonds is 7. The minimum absolute atomic E-state index is 0.0954. The van der Waals surface area contributed by atoms with Crippen LogP contribution < -0.4 is 13.8 Å². The first-order valence-corrected chi connectivity index (χ1v) is 12.3. The second kappa shape index (κ2) is 9.79. The van der Waals surface area contributed by atoms with Gasteiger partial charge in [-0.05, 0) is 66.4 Å². The van der Waals surface area contributed by atoms with Crippen molar-refractivity contribution < 1.29 is 36.2 Å². The molecular formula is C25H24F3NO5S. The highest BCUT2D eigenvalue weighted by atomic mass is 32.2. The summed E-state index contributed by atoms with van der Waals surface area (Å²) in [6.07, 6.45) is -4.49. The number of hydrogen-bond donors (Lipinski definition) is 1. The van der Waals surface area contributed by atoms with Crippen LogP contribution in [-0.2, 0) is 16.2 Å². The van der Waals surface area contributed by atoms with Gasteiger partial charge in [0.2, 0.25) is 0 Å². The van der Waals surface area contributed by atoms with Crippen molar-refractivity contribution >= 4 is 15.7 Å². The van der Waals surface area contributed by atoms with Gasteiger partial charge < -0.3 is 14.6 Å². The largest absolute Gasteiger partial charge is 0.497 e. The average Bonchev–Trinajstić information content (AvgIpc) is 2.86. The van der Waals surface area contributed by atoms with Crippen molar-refractivity contribution in [3.05, 3.63) is 72.3 Å². The molecule has 0 amide bonds. The highest BCUT2D eigenvalue weighted by Crippen LogP contribution is 2.41. The highest BCUT2D eigenvalue weighted by molar-refractivity contribution is 7.92. The zero-order valence-corrected chi connectivity index (χ0v) is 19.6. The summed E-state index contributed by atoms with van der Waals surface area (Å²) in [6, 6.07) is 16.0. The first kappa shape index (κ1) is 24.9. The molecule has 1 aliphatic rings. The number of alkyl halides is 3. The van der Waals surface area contributed by atoms with Crippen LogP contribution in [0.5, 0.6) is 11.5 Å². The summed E-state index contributed by atoms with van der Waals surface area (Å²) >= 11 is 0. The van der Waals surface area contributed by atoms with E-state index in [-0.39, 0.29) is 18.8 Å². The summed E-state index contributed by atoms with van der Waals surface area (Å²) in [5.74, 6) is 0.912. The van der Waals surface area contributed by atoms with Gasteiger partial charge in [-0.3, -0.25) is 4.31 Å². The molecule has 0 bridgehead atoms. The summed E-state index contributed by atoms with van der Waals surface area (Å²) in [7, 11) is -2.82. The molecule has 35 heavy (non-hydrogen) atoms. The molecule has 0 aliphatic carbocycles. The second-order valence-electron chi connectivity index (χ2n) is 8.08. The Hall–Kier alpha value is -3.24. The lowest BCUT2D eigenvalue weighted by Crippen LogP contribution is -2.43. The van der Waals surface area contributed by atoms with E-state index in [0.717, 1.165) is 28.1 Å². The van der Waals surface area contributed by atoms with Crippen LogP contribution in [-0.4, -0.2) is 39.9 Å². The number of fused-ring (bicyclic) bond motifs is 1. The molecule has 0 aromatic heterocycles. The maximum atomic E-state index is 13.6. The third-order valence-corrected chi connectivity index (χ3v) is 7.50. The van der Waals surface area contributed by atoms with E-state index in [0.29, 0.717) is 36.0 Å². The number of benzene rings is 3. The Morgan fingerprint density at radius 1 is 1.06 bits per heavy atom. The molecule has 3 aromatic rings. The number of methoxy groups -OCH3 is 1. The Balaban J connectivity index is 1.81. The predicted molar refractivity (Wildman–Crippen MR) is 125 cm³/mol. The van der Waals surface area contributed by atoms with Gasteiger partial charge in [0.25, 0.3) is 10.0 Å². The number of aliphatic hydroxyl groups excluding tert-OH is 1. The molecule has 1 N–H and O–H groups in total. The molecule has 10 heteroatoms. The molecule has 1 aliphatic heterocycles. The number of sulfonamides is 1. The number of ether oxygens (including phenoxy) is 2. The molecule has 3 aromatic carbocycles. The van der Waals surface area contributed by atoms with Gasteiger partial charge in [0.15, 0.2) is 0 Å². The summed E-state index contributed by atoms with van der Waals surface area (Å²) in [4.78, 5) is -0.465. The van der Waals surface area contributed by atoms with Crippen LogP contribution in [0.4, 0.5) is 18.9 Å². The lowest BCUT2D eigenvalue weighted by atomic mass is 10.0. The topological polar surface area (TPSA) is 76.1 Å². The number of halogens is 3. The van der Waals surface area contributed by atoms with Crippen LogP contribution in [0.25, 0.3) is 11.1 Å². The molecular weight excluding hydrogens is 483 g/mol. The van der Waals surface area contributed by atoms with Gasteiger partial charge in [0.05, 0.1) is 29.8 Å². The zero-order valence-electron chi connectivity index (χ0n) is 18.8. The smallest absolute Gasteiger partial charge is 0.416 e. The van der Waals surface area contributed by atoms with Crippen molar-refractivity contribution in [2.75, 3.05) is 24.6 Å². The number of hydrogen-bond acceptors (Lipinski definition) is 5. The fourth-order valence-corrected chi connectivity index (χ4v) is 5.50. The Kier molecular flexibility index (Phi) is 6.95. The third kappa shape index (κ3) is 5.23. The molecule has 1 heterocycles. The quantitative estimate of drug-likeness (QED) is 0.481. The molecule has 1 atom stereocenters. The molecule has 0 saturated carbocycles. The zero-order chi connectivity index (χ0) is 25.2. The molecule has 0 radical (unpaired) electrons. The molecule has 6 nitrogen and oxygen atoms in total. The fourth-order valence-electron chi connectivity index (χ4n) is 3.95. The van der Waals surface area contributed by atoms with Gasteiger partial charge >= 0.3 is 6.18 Å². The maximum Gasteiger partial charge on any atom is 0.416 e. The average molecular weight is 508 g/mol. The van der Waals surface area contributed by atoms with Crippen LogP contribution in [0, 0.1) is 0 Å². The van der Waals surface area contributed by atoms with E-state index in [9.17, 15) is 26.7 Å². The lowest BCUT2D eigenvalue weighted by molar-refractivity contribution is -0.137.